The Balaban J connectivity index is 1.64. The predicted octanol–water partition coefficient (Wildman–Crippen LogP) is 4.13. The molecular weight excluding hydrogens is 757 g/mol. The van der Waals surface area contributed by atoms with E-state index in [0.29, 0.717) is 11.1 Å². The first-order chi connectivity index (χ1) is 26.9. The molecule has 0 radical (unpaired) electrons. The van der Waals surface area contributed by atoms with Gasteiger partial charge in [0.15, 0.2) is 5.82 Å². The highest BCUT2D eigenvalue weighted by Crippen LogP contribution is 2.44. The minimum Gasteiger partial charge on any atom is -0.488 e. The average molecular weight is 796 g/mol. The molecule has 1 aliphatic carbocycles. The molecule has 0 spiro atoms. The third kappa shape index (κ3) is 9.64. The van der Waals surface area contributed by atoms with E-state index in [1.54, 1.807) is 37.7 Å². The van der Waals surface area contributed by atoms with Gasteiger partial charge >= 0.3 is 23.9 Å². The van der Waals surface area contributed by atoms with E-state index < -0.39 is 67.5 Å². The molecule has 0 saturated carbocycles. The summed E-state index contributed by atoms with van der Waals surface area (Å²) in [4.78, 5) is 50.2. The molecule has 0 bridgehead atoms. The number of aliphatic carboxylic acids is 4. The quantitative estimate of drug-likeness (QED) is 0.0597. The zero-order valence-corrected chi connectivity index (χ0v) is 31.1. The second-order valence-corrected chi connectivity index (χ2v) is 13.1. The van der Waals surface area contributed by atoms with Crippen LogP contribution < -0.4 is 34.1 Å². The summed E-state index contributed by atoms with van der Waals surface area (Å²) in [6.07, 6.45) is 0. The summed E-state index contributed by atoms with van der Waals surface area (Å²) in [5.41, 5.74) is 1.27. The number of nitrogens with zero attached hydrogens (tertiary/aromatic N) is 4. The summed E-state index contributed by atoms with van der Waals surface area (Å²) in [7, 11) is 6.59. The van der Waals surface area contributed by atoms with Crippen molar-refractivity contribution in [2.45, 2.75) is 0 Å². The van der Waals surface area contributed by atoms with Gasteiger partial charge < -0.3 is 49.0 Å². The molecule has 1 aliphatic heterocycles. The largest absolute Gasteiger partial charge is 0.488 e. The van der Waals surface area contributed by atoms with Gasteiger partial charge in [0.05, 0.1) is 23.1 Å². The molecule has 57 heavy (non-hydrogen) atoms. The van der Waals surface area contributed by atoms with Crippen molar-refractivity contribution in [1.29, 1.82) is 0 Å². The second kappa shape index (κ2) is 17.2. The van der Waals surface area contributed by atoms with Crippen LogP contribution in [0.2, 0.25) is 0 Å². The number of carbonyl (C=O) groups is 4. The van der Waals surface area contributed by atoms with Gasteiger partial charge in [0.2, 0.25) is 5.36 Å². The number of halogens is 3. The fraction of sp³-hybridized carbons (Fsp3) is 0.256. The van der Waals surface area contributed by atoms with E-state index in [4.69, 9.17) is 13.9 Å². The zero-order chi connectivity index (χ0) is 41.7. The lowest BCUT2D eigenvalue weighted by Crippen LogP contribution is -2.35. The molecule has 0 atom stereocenters. The summed E-state index contributed by atoms with van der Waals surface area (Å²) in [5, 5.41) is 38.4. The Morgan fingerprint density at radius 3 is 1.70 bits per heavy atom. The van der Waals surface area contributed by atoms with E-state index in [9.17, 15) is 44.0 Å². The molecule has 4 N–H and O–H groups in total. The van der Waals surface area contributed by atoms with Crippen LogP contribution in [0.25, 0.3) is 33.4 Å². The minimum absolute atomic E-state index is 0.0143. The third-order valence-electron chi connectivity index (χ3n) is 8.57. The summed E-state index contributed by atoms with van der Waals surface area (Å²) in [5.74, 6) is -7.48. The van der Waals surface area contributed by atoms with E-state index >= 15 is 8.78 Å². The van der Waals surface area contributed by atoms with Crippen LogP contribution in [0.4, 0.5) is 30.2 Å². The molecule has 1 heterocycles. The summed E-state index contributed by atoms with van der Waals surface area (Å²) < 4.78 is 65.0. The van der Waals surface area contributed by atoms with Gasteiger partial charge in [0.1, 0.15) is 88.0 Å². The number of carboxylic acids is 4. The molecule has 5 rings (SSSR count). The molecule has 18 heteroatoms. The minimum atomic E-state index is -1.36. The molecule has 3 aromatic rings. The van der Waals surface area contributed by atoms with Crippen molar-refractivity contribution in [3.05, 3.63) is 83.5 Å². The number of hydrogen-bond donors (Lipinski definition) is 4. The fourth-order valence-corrected chi connectivity index (χ4v) is 6.23. The highest BCUT2D eigenvalue weighted by molar-refractivity contribution is 6.03. The lowest BCUT2D eigenvalue weighted by molar-refractivity contribution is -0.138. The molecule has 15 nitrogen and oxygen atoms in total. The highest BCUT2D eigenvalue weighted by atomic mass is 19.1. The second-order valence-electron chi connectivity index (χ2n) is 13.1. The van der Waals surface area contributed by atoms with Crippen molar-refractivity contribution in [3.8, 4) is 33.9 Å². The Bertz CT molecular complexity index is 2380. The maximum absolute atomic E-state index is 15.6. The number of fused-ring (bicyclic) bond motifs is 2. The van der Waals surface area contributed by atoms with Crippen LogP contribution in [0, 0.1) is 17.5 Å². The van der Waals surface area contributed by atoms with E-state index in [-0.39, 0.29) is 69.4 Å². The van der Waals surface area contributed by atoms with Crippen LogP contribution in [0.5, 0.6) is 11.5 Å². The molecular formula is C39H38F3N4O11+. The third-order valence-corrected chi connectivity index (χ3v) is 8.57. The summed E-state index contributed by atoms with van der Waals surface area (Å²) >= 11 is 0. The van der Waals surface area contributed by atoms with Crippen molar-refractivity contribution in [2.75, 3.05) is 82.3 Å². The van der Waals surface area contributed by atoms with Crippen molar-refractivity contribution in [2.24, 2.45) is 0 Å². The summed E-state index contributed by atoms with van der Waals surface area (Å²) in [6.45, 7) is -3.74. The van der Waals surface area contributed by atoms with Gasteiger partial charge in [-0.1, -0.05) is 6.07 Å². The van der Waals surface area contributed by atoms with E-state index in [2.05, 4.69) is 0 Å². The van der Waals surface area contributed by atoms with Crippen LogP contribution in [-0.4, -0.2) is 112 Å². The molecule has 0 unspecified atom stereocenters. The maximum Gasteiger partial charge on any atom is 0.323 e. The van der Waals surface area contributed by atoms with Gasteiger partial charge in [-0.15, -0.1) is 0 Å². The van der Waals surface area contributed by atoms with Gasteiger partial charge in [0.25, 0.3) is 0 Å². The Hall–Kier alpha value is -6.98. The first-order valence-electron chi connectivity index (χ1n) is 17.1. The molecule has 0 amide bonds. The van der Waals surface area contributed by atoms with E-state index in [0.717, 1.165) is 28.0 Å². The maximum atomic E-state index is 15.6. The Labute approximate surface area is 322 Å². The highest BCUT2D eigenvalue weighted by Gasteiger charge is 2.26. The molecule has 0 fully saturated rings. The lowest BCUT2D eigenvalue weighted by Gasteiger charge is -2.25. The van der Waals surface area contributed by atoms with E-state index in [1.807, 2.05) is 0 Å². The van der Waals surface area contributed by atoms with Crippen LogP contribution >= 0.6 is 0 Å². The topological polar surface area (TPSA) is 194 Å². The molecule has 0 saturated heterocycles. The molecule has 0 aromatic heterocycles. The van der Waals surface area contributed by atoms with Gasteiger partial charge in [-0.25, -0.2) is 13.4 Å². The first-order valence-corrected chi connectivity index (χ1v) is 17.1. The molecule has 2 aliphatic rings. The molecule has 300 valence electrons. The Kier molecular flexibility index (Phi) is 12.4. The van der Waals surface area contributed by atoms with Crippen LogP contribution in [-0.2, 0) is 19.2 Å². The lowest BCUT2D eigenvalue weighted by atomic mass is 9.92. The van der Waals surface area contributed by atoms with Crippen molar-refractivity contribution < 1.29 is 66.7 Å². The van der Waals surface area contributed by atoms with Gasteiger partial charge in [0, 0.05) is 42.7 Å². The number of hydrogen-bond acceptors (Lipinski definition) is 10. The smallest absolute Gasteiger partial charge is 0.323 e. The number of ether oxygens (including phenoxy) is 2. The first kappa shape index (κ1) is 41.2. The van der Waals surface area contributed by atoms with Gasteiger partial charge in [-0.3, -0.25) is 19.2 Å². The predicted molar refractivity (Wildman–Crippen MR) is 202 cm³/mol. The van der Waals surface area contributed by atoms with Crippen LogP contribution in [0.3, 0.4) is 0 Å². The number of rotatable bonds is 17. The Morgan fingerprint density at radius 2 is 1.19 bits per heavy atom. The van der Waals surface area contributed by atoms with Crippen LogP contribution in [0.15, 0.2) is 65.1 Å². The summed E-state index contributed by atoms with van der Waals surface area (Å²) in [6, 6.07) is 12.9. The zero-order valence-electron chi connectivity index (χ0n) is 31.1. The van der Waals surface area contributed by atoms with Gasteiger partial charge in [-0.05, 0) is 42.0 Å². The normalized spacial score (nSPS) is 11.0. The standard InChI is InChI=1S/C39H37F3N4O11/c1-43(2)29-15-31-23(13-25(29)41)39(24-14-26(42)30(44(3)4)16-32(24)57-31)21-5-7-27(45(17-35(47)48)18-36(49)50)33(11-21)55-9-10-56-34-12-22(40)6-8-28(34)46(19-37(51)52)20-38(53)54/h5-8,11-16H,9-10,17-20H2,1-4H3,(H3-,47,48,49,50,51,52,53,54)/p+1. The van der Waals surface area contributed by atoms with Crippen LogP contribution in [0.1, 0.15) is 0 Å². The van der Waals surface area contributed by atoms with Crippen molar-refractivity contribution >= 4 is 51.9 Å². The van der Waals surface area contributed by atoms with Crippen molar-refractivity contribution in [1.82, 2.24) is 4.58 Å². The van der Waals surface area contributed by atoms with Crippen molar-refractivity contribution in [3.63, 3.8) is 0 Å². The molecule has 3 aromatic carbocycles. The number of benzene rings is 4. The SMILES string of the molecule is CN(C)c1cc2oc3cc(=[N+](C)C)c(F)cc-3c(-c3ccc(N(CC(=O)O)CC(=O)O)c(OCCOc4cc(F)ccc4N(CC(=O)O)CC(=O)O)c3)c2cc1F. The fourth-order valence-electron chi connectivity index (χ4n) is 6.23. The number of carboxylic acid groups (broad SMARTS) is 4. The Morgan fingerprint density at radius 1 is 0.667 bits per heavy atom. The monoisotopic (exact) mass is 795 g/mol. The van der Waals surface area contributed by atoms with Gasteiger partial charge in [-0.2, -0.15) is 4.39 Å². The number of anilines is 3. The van der Waals surface area contributed by atoms with E-state index in [1.165, 1.54) is 42.5 Å². The average Bonchev–Trinajstić information content (AvgIpc) is 3.10.